The molecule has 7 heteroatoms. The summed E-state index contributed by atoms with van der Waals surface area (Å²) >= 11 is 6.53. The molecule has 1 aliphatic heterocycles. The summed E-state index contributed by atoms with van der Waals surface area (Å²) in [5, 5.41) is 12.5. The van der Waals surface area contributed by atoms with Crippen molar-refractivity contribution in [2.24, 2.45) is 0 Å². The maximum absolute atomic E-state index is 12.8. The standard InChI is InChI=1S/C12H12Br2N2O2S/c13-9-1-2-10(14)11(7-9)19(17,18)12(8-15)3-5-16-6-4-12/h1-2,7,16H,3-6H2. The first-order valence-corrected chi connectivity index (χ1v) is 8.81. The number of nitrogens with zero attached hydrogens (tertiary/aromatic N) is 1. The maximum atomic E-state index is 12.8. The van der Waals surface area contributed by atoms with Crippen LogP contribution in [-0.4, -0.2) is 26.3 Å². The van der Waals surface area contributed by atoms with Crippen LogP contribution in [0.1, 0.15) is 12.8 Å². The lowest BCUT2D eigenvalue weighted by atomic mass is 9.99. The summed E-state index contributed by atoms with van der Waals surface area (Å²) in [7, 11) is -3.70. The number of nitriles is 1. The summed E-state index contributed by atoms with van der Waals surface area (Å²) in [6.45, 7) is 1.08. The van der Waals surface area contributed by atoms with Crippen LogP contribution in [0, 0.1) is 11.3 Å². The van der Waals surface area contributed by atoms with E-state index in [0.717, 1.165) is 0 Å². The van der Waals surface area contributed by atoms with Gasteiger partial charge < -0.3 is 5.32 Å². The lowest BCUT2D eigenvalue weighted by Gasteiger charge is -2.31. The van der Waals surface area contributed by atoms with Crippen molar-refractivity contribution in [3.63, 3.8) is 0 Å². The highest BCUT2D eigenvalue weighted by molar-refractivity contribution is 9.11. The number of sulfone groups is 1. The summed E-state index contributed by atoms with van der Waals surface area (Å²) in [5.74, 6) is 0. The van der Waals surface area contributed by atoms with Gasteiger partial charge in [-0.05, 0) is 60.1 Å². The smallest absolute Gasteiger partial charge is 0.198 e. The highest BCUT2D eigenvalue weighted by Gasteiger charge is 2.46. The molecule has 0 saturated carbocycles. The highest BCUT2D eigenvalue weighted by atomic mass is 79.9. The van der Waals surface area contributed by atoms with Gasteiger partial charge in [0, 0.05) is 8.95 Å². The first kappa shape index (κ1) is 15.0. The Kier molecular flexibility index (Phi) is 4.35. The molecule has 0 aromatic heterocycles. The number of hydrogen-bond acceptors (Lipinski definition) is 4. The molecule has 1 saturated heterocycles. The van der Waals surface area contributed by atoms with E-state index in [-0.39, 0.29) is 4.90 Å². The molecule has 0 radical (unpaired) electrons. The van der Waals surface area contributed by atoms with Gasteiger partial charge in [-0.3, -0.25) is 0 Å². The van der Waals surface area contributed by atoms with Gasteiger partial charge in [0.2, 0.25) is 0 Å². The molecule has 1 aliphatic rings. The SMILES string of the molecule is N#CC1(S(=O)(=O)c2cc(Br)ccc2Br)CCNCC1. The van der Waals surface area contributed by atoms with Crippen molar-refractivity contribution in [3.8, 4) is 6.07 Å². The minimum absolute atomic E-state index is 0.172. The van der Waals surface area contributed by atoms with E-state index in [1.54, 1.807) is 18.2 Å². The van der Waals surface area contributed by atoms with Crippen LogP contribution in [0.3, 0.4) is 0 Å². The fraction of sp³-hybridized carbons (Fsp3) is 0.417. The summed E-state index contributed by atoms with van der Waals surface area (Å²) in [5.41, 5.74) is 0. The highest BCUT2D eigenvalue weighted by Crippen LogP contribution is 2.37. The Balaban J connectivity index is 2.58. The Morgan fingerprint density at radius 2 is 1.89 bits per heavy atom. The van der Waals surface area contributed by atoms with Crippen molar-refractivity contribution in [2.75, 3.05) is 13.1 Å². The van der Waals surface area contributed by atoms with Gasteiger partial charge >= 0.3 is 0 Å². The van der Waals surface area contributed by atoms with Crippen LogP contribution in [-0.2, 0) is 9.84 Å². The van der Waals surface area contributed by atoms with Crippen molar-refractivity contribution in [1.29, 1.82) is 5.26 Å². The molecule has 0 aliphatic carbocycles. The minimum atomic E-state index is -3.70. The topological polar surface area (TPSA) is 70.0 Å². The number of halogens is 2. The van der Waals surface area contributed by atoms with E-state index in [2.05, 4.69) is 37.2 Å². The Labute approximate surface area is 129 Å². The molecular weight excluding hydrogens is 396 g/mol. The maximum Gasteiger partial charge on any atom is 0.198 e. The molecule has 1 aromatic carbocycles. The van der Waals surface area contributed by atoms with Crippen molar-refractivity contribution in [2.45, 2.75) is 22.5 Å². The number of hydrogen-bond donors (Lipinski definition) is 1. The van der Waals surface area contributed by atoms with Gasteiger partial charge in [0.15, 0.2) is 14.6 Å². The van der Waals surface area contributed by atoms with Crippen LogP contribution in [0.5, 0.6) is 0 Å². The third-order valence-corrected chi connectivity index (χ3v) is 7.20. The van der Waals surface area contributed by atoms with Crippen LogP contribution in [0.2, 0.25) is 0 Å². The summed E-state index contributed by atoms with van der Waals surface area (Å²) in [6, 6.07) is 7.01. The second-order valence-corrected chi connectivity index (χ2v) is 8.43. The molecule has 19 heavy (non-hydrogen) atoms. The Hall–Kier alpha value is -0.420. The predicted molar refractivity (Wildman–Crippen MR) is 79.5 cm³/mol. The molecule has 102 valence electrons. The molecule has 2 rings (SSSR count). The fourth-order valence-corrected chi connectivity index (χ4v) is 5.45. The summed E-state index contributed by atoms with van der Waals surface area (Å²) in [4.78, 5) is 0.172. The molecule has 1 heterocycles. The van der Waals surface area contributed by atoms with Gasteiger partial charge in [0.05, 0.1) is 11.0 Å². The molecular formula is C12H12Br2N2O2S. The van der Waals surface area contributed by atoms with Gasteiger partial charge in [-0.2, -0.15) is 5.26 Å². The molecule has 0 unspecified atom stereocenters. The monoisotopic (exact) mass is 406 g/mol. The number of nitrogens with one attached hydrogen (secondary N) is 1. The Morgan fingerprint density at radius 1 is 1.26 bits per heavy atom. The third-order valence-electron chi connectivity index (χ3n) is 3.31. The zero-order valence-corrected chi connectivity index (χ0v) is 14.0. The van der Waals surface area contributed by atoms with Crippen LogP contribution < -0.4 is 5.32 Å². The largest absolute Gasteiger partial charge is 0.317 e. The molecule has 0 amide bonds. The van der Waals surface area contributed by atoms with Gasteiger partial charge in [-0.1, -0.05) is 15.9 Å². The third kappa shape index (κ3) is 2.59. The van der Waals surface area contributed by atoms with E-state index in [4.69, 9.17) is 0 Å². The second-order valence-electron chi connectivity index (χ2n) is 4.43. The van der Waals surface area contributed by atoms with E-state index in [9.17, 15) is 13.7 Å². The molecule has 4 nitrogen and oxygen atoms in total. The van der Waals surface area contributed by atoms with E-state index >= 15 is 0 Å². The zero-order valence-electron chi connectivity index (χ0n) is 9.99. The van der Waals surface area contributed by atoms with Gasteiger partial charge in [-0.25, -0.2) is 8.42 Å². The van der Waals surface area contributed by atoms with Crippen molar-refractivity contribution >= 4 is 41.7 Å². The normalized spacial score (nSPS) is 18.8. The number of piperidine rings is 1. The second kappa shape index (κ2) is 5.52. The van der Waals surface area contributed by atoms with E-state index in [0.29, 0.717) is 34.9 Å². The van der Waals surface area contributed by atoms with E-state index in [1.165, 1.54) is 0 Å². The number of rotatable bonds is 2. The van der Waals surface area contributed by atoms with Gasteiger partial charge in [-0.15, -0.1) is 0 Å². The van der Waals surface area contributed by atoms with Crippen molar-refractivity contribution in [3.05, 3.63) is 27.1 Å². The Bertz CT molecular complexity index is 632. The van der Waals surface area contributed by atoms with Crippen LogP contribution in [0.4, 0.5) is 0 Å². The minimum Gasteiger partial charge on any atom is -0.317 e. The summed E-state index contributed by atoms with van der Waals surface area (Å²) in [6.07, 6.45) is 0.621. The quantitative estimate of drug-likeness (QED) is 0.817. The lowest BCUT2D eigenvalue weighted by molar-refractivity contribution is 0.444. The van der Waals surface area contributed by atoms with Crippen LogP contribution in [0.25, 0.3) is 0 Å². The van der Waals surface area contributed by atoms with Crippen molar-refractivity contribution in [1.82, 2.24) is 5.32 Å². The zero-order chi connectivity index (χ0) is 14.1. The summed E-state index contributed by atoms with van der Waals surface area (Å²) < 4.78 is 25.5. The van der Waals surface area contributed by atoms with E-state index in [1.807, 2.05) is 6.07 Å². The van der Waals surface area contributed by atoms with Crippen LogP contribution in [0.15, 0.2) is 32.0 Å². The lowest BCUT2D eigenvalue weighted by Crippen LogP contribution is -2.46. The van der Waals surface area contributed by atoms with E-state index < -0.39 is 14.6 Å². The average Bonchev–Trinajstić information content (AvgIpc) is 2.42. The molecule has 0 atom stereocenters. The Morgan fingerprint density at radius 3 is 2.47 bits per heavy atom. The fourth-order valence-electron chi connectivity index (χ4n) is 2.16. The van der Waals surface area contributed by atoms with Gasteiger partial charge in [0.1, 0.15) is 0 Å². The molecule has 1 N–H and O–H groups in total. The first-order valence-electron chi connectivity index (χ1n) is 5.75. The predicted octanol–water partition coefficient (Wildman–Crippen LogP) is 2.63. The first-order chi connectivity index (χ1) is 8.93. The van der Waals surface area contributed by atoms with Gasteiger partial charge in [0.25, 0.3) is 0 Å². The number of benzene rings is 1. The molecule has 1 fully saturated rings. The molecule has 1 aromatic rings. The van der Waals surface area contributed by atoms with Crippen LogP contribution >= 0.6 is 31.9 Å². The molecule has 0 bridgehead atoms. The van der Waals surface area contributed by atoms with Crippen molar-refractivity contribution < 1.29 is 8.42 Å². The average molecular weight is 408 g/mol. The molecule has 0 spiro atoms.